The number of aliphatic hydroxyl groups excluding tert-OH is 1. The Morgan fingerprint density at radius 3 is 2.42 bits per heavy atom. The number of halogens is 1. The molecule has 0 radical (unpaired) electrons. The number of aryl methyl sites for hydroxylation is 1. The topological polar surface area (TPSA) is 69.0 Å². The lowest BCUT2D eigenvalue weighted by atomic mass is 10.1. The van der Waals surface area contributed by atoms with E-state index in [9.17, 15) is 9.50 Å². The predicted molar refractivity (Wildman–Crippen MR) is 138 cm³/mol. The Morgan fingerprint density at radius 2 is 1.78 bits per heavy atom. The van der Waals surface area contributed by atoms with Gasteiger partial charge in [-0.25, -0.2) is 9.07 Å². The van der Waals surface area contributed by atoms with E-state index in [0.717, 1.165) is 16.9 Å². The summed E-state index contributed by atoms with van der Waals surface area (Å²) in [5.74, 6) is 0.125. The van der Waals surface area contributed by atoms with Crippen LogP contribution in [-0.4, -0.2) is 64.9 Å². The summed E-state index contributed by atoms with van der Waals surface area (Å²) in [6, 6.07) is 16.0. The van der Waals surface area contributed by atoms with Crippen molar-refractivity contribution < 1.29 is 23.7 Å². The highest BCUT2D eigenvalue weighted by molar-refractivity contribution is 5.44. The zero-order chi connectivity index (χ0) is 26.1. The lowest BCUT2D eigenvalue weighted by Gasteiger charge is -2.27. The first-order valence-electron chi connectivity index (χ1n) is 12.3. The van der Waals surface area contributed by atoms with E-state index in [0.29, 0.717) is 38.5 Å². The molecule has 7 nitrogen and oxygen atoms in total. The van der Waals surface area contributed by atoms with Crippen molar-refractivity contribution in [2.75, 3.05) is 33.4 Å². The summed E-state index contributed by atoms with van der Waals surface area (Å²) in [5, 5.41) is 15.5. The van der Waals surface area contributed by atoms with Crippen LogP contribution in [0.15, 0.2) is 54.6 Å². The van der Waals surface area contributed by atoms with Crippen LogP contribution in [0.3, 0.4) is 0 Å². The third kappa shape index (κ3) is 7.86. The van der Waals surface area contributed by atoms with Gasteiger partial charge in [-0.3, -0.25) is 4.90 Å². The number of aliphatic hydroxyl groups is 1. The van der Waals surface area contributed by atoms with Gasteiger partial charge in [0, 0.05) is 26.7 Å². The fraction of sp³-hybridized carbons (Fsp3) is 0.464. The van der Waals surface area contributed by atoms with Gasteiger partial charge in [-0.1, -0.05) is 37.3 Å². The molecule has 3 rings (SSSR count). The second-order valence-electron chi connectivity index (χ2n) is 9.67. The first-order valence-corrected chi connectivity index (χ1v) is 12.3. The number of methoxy groups -OCH3 is 1. The van der Waals surface area contributed by atoms with Gasteiger partial charge in [0.2, 0.25) is 5.88 Å². The number of ether oxygens (including phenoxy) is 3. The molecule has 1 N–H and O–H groups in total. The van der Waals surface area contributed by atoms with Crippen LogP contribution < -0.4 is 4.74 Å². The number of rotatable bonds is 13. The van der Waals surface area contributed by atoms with Crippen molar-refractivity contribution in [3.05, 3.63) is 71.7 Å². The van der Waals surface area contributed by atoms with E-state index in [1.54, 1.807) is 30.0 Å². The highest BCUT2D eigenvalue weighted by Crippen LogP contribution is 2.33. The molecule has 0 saturated heterocycles. The second kappa shape index (κ2) is 13.0. The number of para-hydroxylation sites is 2. The van der Waals surface area contributed by atoms with E-state index in [-0.39, 0.29) is 18.0 Å². The van der Waals surface area contributed by atoms with Crippen molar-refractivity contribution in [2.24, 2.45) is 0 Å². The molecule has 0 aliphatic carbocycles. The van der Waals surface area contributed by atoms with Crippen LogP contribution >= 0.6 is 0 Å². The molecule has 0 aliphatic heterocycles. The van der Waals surface area contributed by atoms with Gasteiger partial charge in [-0.05, 0) is 51.5 Å². The molecule has 0 saturated carbocycles. The Hall–Kier alpha value is -2.78. The molecule has 0 bridgehead atoms. The van der Waals surface area contributed by atoms with E-state index < -0.39 is 11.9 Å². The average molecular weight is 500 g/mol. The van der Waals surface area contributed by atoms with E-state index in [2.05, 4.69) is 4.90 Å². The van der Waals surface area contributed by atoms with Gasteiger partial charge in [0.05, 0.1) is 41.9 Å². The molecule has 3 aromatic rings. The van der Waals surface area contributed by atoms with Crippen molar-refractivity contribution in [2.45, 2.75) is 52.4 Å². The van der Waals surface area contributed by atoms with Crippen LogP contribution in [0, 0.1) is 5.82 Å². The van der Waals surface area contributed by atoms with Crippen LogP contribution in [-0.2, 0) is 22.4 Å². The summed E-state index contributed by atoms with van der Waals surface area (Å²) in [6.45, 7) is 10.0. The van der Waals surface area contributed by atoms with E-state index in [1.165, 1.54) is 6.07 Å². The van der Waals surface area contributed by atoms with Crippen LogP contribution in [0.2, 0.25) is 0 Å². The van der Waals surface area contributed by atoms with Gasteiger partial charge in [-0.15, -0.1) is 0 Å². The normalized spacial score (nSPS) is 12.8. The monoisotopic (exact) mass is 499 g/mol. The lowest BCUT2D eigenvalue weighted by molar-refractivity contribution is -0.0577. The molecule has 196 valence electrons. The predicted octanol–water partition coefficient (Wildman–Crippen LogP) is 4.99. The first kappa shape index (κ1) is 27.8. The Labute approximate surface area is 213 Å². The van der Waals surface area contributed by atoms with Gasteiger partial charge in [0.1, 0.15) is 0 Å². The summed E-state index contributed by atoms with van der Waals surface area (Å²) >= 11 is 0. The highest BCUT2D eigenvalue weighted by atomic mass is 19.1. The molecular formula is C28H38FN3O4. The maximum Gasteiger partial charge on any atom is 0.227 e. The SMILES string of the molecule is CCc1nn(-c2ccccc2)c(Oc2ccccc2F)c1CN(CCOC)CC(O)COC(C)(C)C. The van der Waals surface area contributed by atoms with Crippen molar-refractivity contribution in [3.63, 3.8) is 0 Å². The van der Waals surface area contributed by atoms with E-state index in [4.69, 9.17) is 19.3 Å². The summed E-state index contributed by atoms with van der Waals surface area (Å²) < 4.78 is 33.6. The lowest BCUT2D eigenvalue weighted by Crippen LogP contribution is -2.38. The van der Waals surface area contributed by atoms with Crippen molar-refractivity contribution in [1.82, 2.24) is 14.7 Å². The summed E-state index contributed by atoms with van der Waals surface area (Å²) in [4.78, 5) is 2.08. The zero-order valence-electron chi connectivity index (χ0n) is 21.9. The maximum absolute atomic E-state index is 14.6. The maximum atomic E-state index is 14.6. The van der Waals surface area contributed by atoms with Crippen LogP contribution in [0.4, 0.5) is 4.39 Å². The number of hydrogen-bond donors (Lipinski definition) is 1. The minimum Gasteiger partial charge on any atom is -0.435 e. The Kier molecular flexibility index (Phi) is 10.0. The third-order valence-corrected chi connectivity index (χ3v) is 5.57. The molecule has 2 aromatic carbocycles. The van der Waals surface area contributed by atoms with Gasteiger partial charge in [0.15, 0.2) is 11.6 Å². The average Bonchev–Trinajstić information content (AvgIpc) is 3.19. The Morgan fingerprint density at radius 1 is 1.08 bits per heavy atom. The summed E-state index contributed by atoms with van der Waals surface area (Å²) in [7, 11) is 1.65. The van der Waals surface area contributed by atoms with Crippen LogP contribution in [0.25, 0.3) is 5.69 Å². The second-order valence-corrected chi connectivity index (χ2v) is 9.67. The van der Waals surface area contributed by atoms with Gasteiger partial charge >= 0.3 is 0 Å². The molecule has 36 heavy (non-hydrogen) atoms. The molecule has 0 spiro atoms. The quantitative estimate of drug-likeness (QED) is 0.357. The first-order chi connectivity index (χ1) is 17.2. The molecule has 8 heteroatoms. The molecule has 1 atom stereocenters. The highest BCUT2D eigenvalue weighted by Gasteiger charge is 2.25. The molecule has 0 amide bonds. The summed E-state index contributed by atoms with van der Waals surface area (Å²) in [5.41, 5.74) is 2.15. The minimum atomic E-state index is -0.689. The smallest absolute Gasteiger partial charge is 0.227 e. The number of hydrogen-bond acceptors (Lipinski definition) is 6. The third-order valence-electron chi connectivity index (χ3n) is 5.57. The fourth-order valence-corrected chi connectivity index (χ4v) is 3.78. The molecule has 0 fully saturated rings. The van der Waals surface area contributed by atoms with E-state index in [1.807, 2.05) is 58.0 Å². The van der Waals surface area contributed by atoms with Crippen molar-refractivity contribution in [3.8, 4) is 17.3 Å². The van der Waals surface area contributed by atoms with Gasteiger partial charge in [-0.2, -0.15) is 5.10 Å². The van der Waals surface area contributed by atoms with Crippen molar-refractivity contribution in [1.29, 1.82) is 0 Å². The largest absolute Gasteiger partial charge is 0.435 e. The molecule has 0 aliphatic rings. The zero-order valence-corrected chi connectivity index (χ0v) is 21.9. The van der Waals surface area contributed by atoms with Crippen molar-refractivity contribution >= 4 is 0 Å². The fourth-order valence-electron chi connectivity index (χ4n) is 3.78. The van der Waals surface area contributed by atoms with Gasteiger partial charge < -0.3 is 19.3 Å². The molecule has 1 unspecified atom stereocenters. The standard InChI is InChI=1S/C28H38FN3O4/c1-6-25-23(19-31(16-17-34-5)18-22(33)20-35-28(2,3)4)27(36-26-15-11-10-14-24(26)29)32(30-25)21-12-8-7-9-13-21/h7-15,22,33H,6,16-20H2,1-5H3. The van der Waals surface area contributed by atoms with Crippen LogP contribution in [0.5, 0.6) is 11.6 Å². The molecule has 1 aromatic heterocycles. The molecular weight excluding hydrogens is 461 g/mol. The Balaban J connectivity index is 1.97. The Bertz CT molecular complexity index is 1080. The van der Waals surface area contributed by atoms with Gasteiger partial charge in [0.25, 0.3) is 0 Å². The van der Waals surface area contributed by atoms with E-state index >= 15 is 0 Å². The molecule has 1 heterocycles. The number of nitrogens with zero attached hydrogens (tertiary/aromatic N) is 3. The van der Waals surface area contributed by atoms with Crippen LogP contribution in [0.1, 0.15) is 39.0 Å². The minimum absolute atomic E-state index is 0.125. The number of aromatic nitrogens is 2. The number of benzene rings is 2. The summed E-state index contributed by atoms with van der Waals surface area (Å²) in [6.07, 6.45) is -0.0253.